The third kappa shape index (κ3) is 4.14. The Kier molecular flexibility index (Phi) is 5.83. The van der Waals surface area contributed by atoms with E-state index in [-0.39, 0.29) is 0 Å². The predicted molar refractivity (Wildman–Crippen MR) is 110 cm³/mol. The van der Waals surface area contributed by atoms with Crippen LogP contribution in [0, 0.1) is 22.7 Å². The third-order valence-corrected chi connectivity index (χ3v) is 4.54. The first-order valence-corrected chi connectivity index (χ1v) is 9.06. The Morgan fingerprint density at radius 1 is 0.667 bits per heavy atom. The van der Waals surface area contributed by atoms with Gasteiger partial charge in [-0.3, -0.25) is 0 Å². The van der Waals surface area contributed by atoms with E-state index in [4.69, 9.17) is 0 Å². The summed E-state index contributed by atoms with van der Waals surface area (Å²) in [4.78, 5) is 0. The van der Waals surface area contributed by atoms with E-state index in [0.29, 0.717) is 11.1 Å². The zero-order chi connectivity index (χ0) is 19.1. The average molecular weight is 348 g/mol. The minimum atomic E-state index is 0.403. The van der Waals surface area contributed by atoms with E-state index in [1.807, 2.05) is 66.7 Å². The molecule has 0 radical (unpaired) electrons. The van der Waals surface area contributed by atoms with Crippen LogP contribution in [0.5, 0.6) is 0 Å². The van der Waals surface area contributed by atoms with Gasteiger partial charge in [-0.15, -0.1) is 0 Å². The van der Waals surface area contributed by atoms with Crippen LogP contribution in [0.4, 0.5) is 0 Å². The number of rotatable bonds is 5. The molecule has 0 amide bonds. The first kappa shape index (κ1) is 18.2. The van der Waals surface area contributed by atoms with E-state index >= 15 is 0 Å². The van der Waals surface area contributed by atoms with Gasteiger partial charge in [-0.1, -0.05) is 92.2 Å². The predicted octanol–water partition coefficient (Wildman–Crippen LogP) is 6.26. The van der Waals surface area contributed by atoms with Crippen LogP contribution in [0.1, 0.15) is 30.0 Å². The van der Waals surface area contributed by atoms with Crippen LogP contribution < -0.4 is 0 Å². The molecule has 0 saturated heterocycles. The van der Waals surface area contributed by atoms with Crippen molar-refractivity contribution in [3.63, 3.8) is 0 Å². The van der Waals surface area contributed by atoms with E-state index in [1.165, 1.54) is 5.56 Å². The minimum absolute atomic E-state index is 0.403. The standard InChI is InChI=1S/C25H20N2/c1-2-6-19-9-11-22(12-10-19)24(17-26)25(18-27)23-15-13-21(14-16-23)20-7-4-3-5-8-20/h3-5,7-16H,2,6H2,1H3. The molecule has 0 heterocycles. The summed E-state index contributed by atoms with van der Waals surface area (Å²) in [6.45, 7) is 2.14. The van der Waals surface area contributed by atoms with Gasteiger partial charge in [-0.05, 0) is 34.2 Å². The Morgan fingerprint density at radius 2 is 1.15 bits per heavy atom. The van der Waals surface area contributed by atoms with Gasteiger partial charge in [0.05, 0.1) is 11.1 Å². The monoisotopic (exact) mass is 348 g/mol. The number of benzene rings is 3. The lowest BCUT2D eigenvalue weighted by Gasteiger charge is -2.07. The molecule has 3 aromatic rings. The number of nitriles is 2. The molecule has 0 N–H and O–H groups in total. The van der Waals surface area contributed by atoms with Crippen molar-refractivity contribution < 1.29 is 0 Å². The molecule has 27 heavy (non-hydrogen) atoms. The Bertz CT molecular complexity index is 1010. The molecule has 0 aliphatic carbocycles. The number of aryl methyl sites for hydroxylation is 1. The second kappa shape index (κ2) is 8.65. The molecular formula is C25H20N2. The summed E-state index contributed by atoms with van der Waals surface area (Å²) in [5.74, 6) is 0. The molecule has 0 atom stereocenters. The maximum Gasteiger partial charge on any atom is 0.101 e. The lowest BCUT2D eigenvalue weighted by atomic mass is 9.94. The Balaban J connectivity index is 1.98. The lowest BCUT2D eigenvalue weighted by Crippen LogP contribution is -1.91. The molecule has 130 valence electrons. The van der Waals surface area contributed by atoms with Crippen molar-refractivity contribution in [3.05, 3.63) is 95.6 Å². The molecule has 0 aliphatic rings. The van der Waals surface area contributed by atoms with Gasteiger partial charge in [0.15, 0.2) is 0 Å². The average Bonchev–Trinajstić information content (AvgIpc) is 2.74. The number of nitrogens with zero attached hydrogens (tertiary/aromatic N) is 2. The van der Waals surface area contributed by atoms with E-state index in [0.717, 1.165) is 35.1 Å². The summed E-state index contributed by atoms with van der Waals surface area (Å²) in [5, 5.41) is 19.4. The van der Waals surface area contributed by atoms with Gasteiger partial charge >= 0.3 is 0 Å². The largest absolute Gasteiger partial charge is 0.192 e. The molecule has 3 rings (SSSR count). The first-order valence-electron chi connectivity index (χ1n) is 9.06. The molecule has 0 bridgehead atoms. The van der Waals surface area contributed by atoms with Crippen molar-refractivity contribution in [2.24, 2.45) is 0 Å². The molecular weight excluding hydrogens is 328 g/mol. The fraction of sp³-hybridized carbons (Fsp3) is 0.120. The summed E-state index contributed by atoms with van der Waals surface area (Å²) in [6.07, 6.45) is 2.09. The highest BCUT2D eigenvalue weighted by Crippen LogP contribution is 2.28. The zero-order valence-corrected chi connectivity index (χ0v) is 15.3. The molecule has 3 aromatic carbocycles. The molecule has 0 aliphatic heterocycles. The second-order valence-corrected chi connectivity index (χ2v) is 6.36. The Hall–Kier alpha value is -3.62. The van der Waals surface area contributed by atoms with E-state index in [9.17, 15) is 10.5 Å². The summed E-state index contributed by atoms with van der Waals surface area (Å²) in [5.41, 5.74) is 5.79. The minimum Gasteiger partial charge on any atom is -0.192 e. The van der Waals surface area contributed by atoms with Crippen molar-refractivity contribution >= 4 is 11.1 Å². The summed E-state index contributed by atoms with van der Waals surface area (Å²) in [6, 6.07) is 30.2. The molecule has 2 nitrogen and oxygen atoms in total. The first-order chi connectivity index (χ1) is 13.3. The normalized spacial score (nSPS) is 11.2. The van der Waals surface area contributed by atoms with Gasteiger partial charge in [-0.2, -0.15) is 10.5 Å². The Labute approximate surface area is 160 Å². The van der Waals surface area contributed by atoms with Gasteiger partial charge in [0, 0.05) is 0 Å². The van der Waals surface area contributed by atoms with Gasteiger partial charge in [-0.25, -0.2) is 0 Å². The van der Waals surface area contributed by atoms with E-state index in [2.05, 4.69) is 31.2 Å². The summed E-state index contributed by atoms with van der Waals surface area (Å²) in [7, 11) is 0. The summed E-state index contributed by atoms with van der Waals surface area (Å²) >= 11 is 0. The van der Waals surface area contributed by atoms with Crippen molar-refractivity contribution in [2.45, 2.75) is 19.8 Å². The molecule has 0 spiro atoms. The van der Waals surface area contributed by atoms with Crippen LogP contribution in [0.15, 0.2) is 78.9 Å². The Morgan fingerprint density at radius 3 is 1.63 bits per heavy atom. The maximum absolute atomic E-state index is 9.71. The highest BCUT2D eigenvalue weighted by atomic mass is 14.3. The fourth-order valence-corrected chi connectivity index (χ4v) is 3.12. The van der Waals surface area contributed by atoms with Crippen molar-refractivity contribution in [1.82, 2.24) is 0 Å². The lowest BCUT2D eigenvalue weighted by molar-refractivity contribution is 0.922. The topological polar surface area (TPSA) is 47.6 Å². The van der Waals surface area contributed by atoms with Crippen LogP contribution in [0.25, 0.3) is 22.3 Å². The molecule has 2 heteroatoms. The summed E-state index contributed by atoms with van der Waals surface area (Å²) < 4.78 is 0. The van der Waals surface area contributed by atoms with Gasteiger partial charge in [0.2, 0.25) is 0 Å². The molecule has 0 saturated carbocycles. The van der Waals surface area contributed by atoms with Crippen molar-refractivity contribution in [2.75, 3.05) is 0 Å². The smallest absolute Gasteiger partial charge is 0.101 e. The second-order valence-electron chi connectivity index (χ2n) is 6.36. The van der Waals surface area contributed by atoms with Gasteiger partial charge in [0.1, 0.15) is 12.1 Å². The molecule has 0 fully saturated rings. The van der Waals surface area contributed by atoms with E-state index < -0.39 is 0 Å². The fourth-order valence-electron chi connectivity index (χ4n) is 3.12. The molecule has 0 aromatic heterocycles. The number of hydrogen-bond acceptors (Lipinski definition) is 2. The number of hydrogen-bond donors (Lipinski definition) is 0. The van der Waals surface area contributed by atoms with Crippen molar-refractivity contribution in [1.29, 1.82) is 10.5 Å². The van der Waals surface area contributed by atoms with Gasteiger partial charge < -0.3 is 0 Å². The van der Waals surface area contributed by atoms with E-state index in [1.54, 1.807) is 0 Å². The van der Waals surface area contributed by atoms with Crippen LogP contribution >= 0.6 is 0 Å². The van der Waals surface area contributed by atoms with Crippen LogP contribution in [0.2, 0.25) is 0 Å². The molecule has 0 unspecified atom stereocenters. The number of allylic oxidation sites excluding steroid dienone is 2. The SMILES string of the molecule is CCCc1ccc(C(C#N)=C(C#N)c2ccc(-c3ccccc3)cc2)cc1. The van der Waals surface area contributed by atoms with Crippen LogP contribution in [0.3, 0.4) is 0 Å². The quantitative estimate of drug-likeness (QED) is 0.403. The zero-order valence-electron chi connectivity index (χ0n) is 15.3. The third-order valence-electron chi connectivity index (χ3n) is 4.54. The highest BCUT2D eigenvalue weighted by molar-refractivity contribution is 6.02. The van der Waals surface area contributed by atoms with Crippen molar-refractivity contribution in [3.8, 4) is 23.3 Å². The van der Waals surface area contributed by atoms with Crippen LogP contribution in [-0.2, 0) is 6.42 Å². The highest BCUT2D eigenvalue weighted by Gasteiger charge is 2.12. The van der Waals surface area contributed by atoms with Gasteiger partial charge in [0.25, 0.3) is 0 Å². The maximum atomic E-state index is 9.71. The van der Waals surface area contributed by atoms with Crippen LogP contribution in [-0.4, -0.2) is 0 Å².